The van der Waals surface area contributed by atoms with Crippen LogP contribution in [0, 0.1) is 5.92 Å². The van der Waals surface area contributed by atoms with Gasteiger partial charge in [-0.05, 0) is 44.8 Å². The molecule has 1 aromatic heterocycles. The topological polar surface area (TPSA) is 41.1 Å². The van der Waals surface area contributed by atoms with E-state index in [1.165, 1.54) is 32.3 Å². The van der Waals surface area contributed by atoms with Gasteiger partial charge in [-0.2, -0.15) is 0 Å². The SMILES string of the molecule is CC(C)c1c(Cl)ncnc1NCC1CCN(C)CC1. The normalized spacial score (nSPS) is 17.9. The predicted molar refractivity (Wildman–Crippen MR) is 79.8 cm³/mol. The van der Waals surface area contributed by atoms with Gasteiger partial charge in [0, 0.05) is 12.1 Å². The van der Waals surface area contributed by atoms with Gasteiger partial charge in [0.15, 0.2) is 0 Å². The van der Waals surface area contributed by atoms with E-state index in [0.29, 0.717) is 11.1 Å². The van der Waals surface area contributed by atoms with Crippen LogP contribution in [0.2, 0.25) is 5.15 Å². The summed E-state index contributed by atoms with van der Waals surface area (Å²) in [5, 5.41) is 4.03. The minimum atomic E-state index is 0.327. The Kier molecular flexibility index (Phi) is 4.99. The van der Waals surface area contributed by atoms with Gasteiger partial charge in [0.05, 0.1) is 0 Å². The Bertz CT molecular complexity index is 414. The molecular formula is C14H23ClN4. The van der Waals surface area contributed by atoms with E-state index < -0.39 is 0 Å². The lowest BCUT2D eigenvalue weighted by Gasteiger charge is -2.29. The molecule has 1 saturated heterocycles. The monoisotopic (exact) mass is 282 g/mol. The van der Waals surface area contributed by atoms with E-state index in [0.717, 1.165) is 23.8 Å². The third-order valence-electron chi connectivity index (χ3n) is 3.81. The summed E-state index contributed by atoms with van der Waals surface area (Å²) in [7, 11) is 2.19. The fraction of sp³-hybridized carbons (Fsp3) is 0.714. The molecule has 1 aliphatic heterocycles. The molecule has 1 fully saturated rings. The lowest BCUT2D eigenvalue weighted by atomic mass is 9.97. The van der Waals surface area contributed by atoms with Crippen LogP contribution < -0.4 is 5.32 Å². The van der Waals surface area contributed by atoms with E-state index in [-0.39, 0.29) is 0 Å². The first-order valence-corrected chi connectivity index (χ1v) is 7.38. The fourth-order valence-electron chi connectivity index (χ4n) is 2.53. The average Bonchev–Trinajstić information content (AvgIpc) is 2.37. The lowest BCUT2D eigenvalue weighted by Crippen LogP contribution is -2.33. The molecule has 1 aliphatic rings. The van der Waals surface area contributed by atoms with Crippen molar-refractivity contribution in [3.63, 3.8) is 0 Å². The number of likely N-dealkylation sites (tertiary alicyclic amines) is 1. The number of hydrogen-bond donors (Lipinski definition) is 1. The maximum atomic E-state index is 6.17. The number of piperidine rings is 1. The number of nitrogens with zero attached hydrogens (tertiary/aromatic N) is 3. The molecule has 2 heterocycles. The quantitative estimate of drug-likeness (QED) is 0.862. The molecule has 5 heteroatoms. The molecule has 0 spiro atoms. The minimum Gasteiger partial charge on any atom is -0.369 e. The van der Waals surface area contributed by atoms with Gasteiger partial charge in [-0.15, -0.1) is 0 Å². The fourth-order valence-corrected chi connectivity index (χ4v) is 2.89. The summed E-state index contributed by atoms with van der Waals surface area (Å²) in [4.78, 5) is 10.8. The smallest absolute Gasteiger partial charge is 0.138 e. The van der Waals surface area contributed by atoms with Crippen molar-refractivity contribution in [1.29, 1.82) is 0 Å². The van der Waals surface area contributed by atoms with E-state index in [1.54, 1.807) is 0 Å². The second-order valence-corrected chi connectivity index (χ2v) is 6.07. The van der Waals surface area contributed by atoms with Crippen LogP contribution in [-0.4, -0.2) is 41.5 Å². The molecule has 0 radical (unpaired) electrons. The highest BCUT2D eigenvalue weighted by atomic mass is 35.5. The Morgan fingerprint density at radius 3 is 2.68 bits per heavy atom. The van der Waals surface area contributed by atoms with Crippen molar-refractivity contribution in [3.05, 3.63) is 17.0 Å². The van der Waals surface area contributed by atoms with Crippen molar-refractivity contribution in [2.75, 3.05) is 32.0 Å². The molecule has 1 N–H and O–H groups in total. The second-order valence-electron chi connectivity index (χ2n) is 5.71. The van der Waals surface area contributed by atoms with Gasteiger partial charge in [-0.3, -0.25) is 0 Å². The molecule has 0 atom stereocenters. The molecule has 0 saturated carbocycles. The summed E-state index contributed by atoms with van der Waals surface area (Å²) in [5.41, 5.74) is 1.03. The van der Waals surface area contributed by atoms with Crippen molar-refractivity contribution < 1.29 is 0 Å². The summed E-state index contributed by atoms with van der Waals surface area (Å²) < 4.78 is 0. The number of rotatable bonds is 4. The van der Waals surface area contributed by atoms with Crippen LogP contribution in [0.25, 0.3) is 0 Å². The Morgan fingerprint density at radius 2 is 2.05 bits per heavy atom. The number of aromatic nitrogens is 2. The van der Waals surface area contributed by atoms with E-state index >= 15 is 0 Å². The van der Waals surface area contributed by atoms with Crippen molar-refractivity contribution in [1.82, 2.24) is 14.9 Å². The van der Waals surface area contributed by atoms with Crippen molar-refractivity contribution in [2.24, 2.45) is 5.92 Å². The van der Waals surface area contributed by atoms with Crippen LogP contribution in [0.1, 0.15) is 38.2 Å². The molecule has 0 amide bonds. The number of halogens is 1. The zero-order chi connectivity index (χ0) is 13.8. The second kappa shape index (κ2) is 6.53. The summed E-state index contributed by atoms with van der Waals surface area (Å²) in [6, 6.07) is 0. The van der Waals surface area contributed by atoms with Crippen LogP contribution in [0.4, 0.5) is 5.82 Å². The van der Waals surface area contributed by atoms with Gasteiger partial charge in [0.2, 0.25) is 0 Å². The zero-order valence-electron chi connectivity index (χ0n) is 12.0. The summed E-state index contributed by atoms with van der Waals surface area (Å²) in [6.45, 7) is 7.58. The maximum absolute atomic E-state index is 6.17. The Morgan fingerprint density at radius 1 is 1.37 bits per heavy atom. The largest absolute Gasteiger partial charge is 0.369 e. The highest BCUT2D eigenvalue weighted by Crippen LogP contribution is 2.28. The zero-order valence-corrected chi connectivity index (χ0v) is 12.7. The van der Waals surface area contributed by atoms with Crippen LogP contribution >= 0.6 is 11.6 Å². The predicted octanol–water partition coefficient (Wildman–Crippen LogP) is 3.01. The van der Waals surface area contributed by atoms with Gasteiger partial charge in [0.25, 0.3) is 0 Å². The summed E-state index contributed by atoms with van der Waals surface area (Å²) in [6.07, 6.45) is 4.03. The molecule has 0 aliphatic carbocycles. The molecule has 4 nitrogen and oxygen atoms in total. The van der Waals surface area contributed by atoms with E-state index in [1.807, 2.05) is 0 Å². The Hall–Kier alpha value is -0.870. The van der Waals surface area contributed by atoms with E-state index in [2.05, 4.69) is 41.1 Å². The van der Waals surface area contributed by atoms with Crippen LogP contribution in [-0.2, 0) is 0 Å². The van der Waals surface area contributed by atoms with Gasteiger partial charge < -0.3 is 10.2 Å². The molecule has 0 bridgehead atoms. The maximum Gasteiger partial charge on any atom is 0.138 e. The van der Waals surface area contributed by atoms with Crippen LogP contribution in [0.5, 0.6) is 0 Å². The van der Waals surface area contributed by atoms with Crippen molar-refractivity contribution in [2.45, 2.75) is 32.6 Å². The molecule has 19 heavy (non-hydrogen) atoms. The first-order valence-electron chi connectivity index (χ1n) is 7.00. The Balaban J connectivity index is 1.98. The number of nitrogens with one attached hydrogen (secondary N) is 1. The molecule has 1 aromatic rings. The van der Waals surface area contributed by atoms with E-state index in [4.69, 9.17) is 11.6 Å². The molecule has 2 rings (SSSR count). The first-order chi connectivity index (χ1) is 9.08. The van der Waals surface area contributed by atoms with Gasteiger partial charge in [-0.25, -0.2) is 9.97 Å². The summed E-state index contributed by atoms with van der Waals surface area (Å²) in [5.74, 6) is 1.95. The average molecular weight is 283 g/mol. The standard InChI is InChI=1S/C14H23ClN4/c1-10(2)12-13(15)17-9-18-14(12)16-8-11-4-6-19(3)7-5-11/h9-11H,4-8H2,1-3H3,(H,16,17,18). The van der Waals surface area contributed by atoms with E-state index in [9.17, 15) is 0 Å². The number of hydrogen-bond acceptors (Lipinski definition) is 4. The van der Waals surface area contributed by atoms with Crippen molar-refractivity contribution >= 4 is 17.4 Å². The first kappa shape index (κ1) is 14.5. The summed E-state index contributed by atoms with van der Waals surface area (Å²) >= 11 is 6.17. The Labute approximate surface area is 120 Å². The molecule has 0 aromatic carbocycles. The van der Waals surface area contributed by atoms with Gasteiger partial charge in [0.1, 0.15) is 17.3 Å². The molecule has 0 unspecified atom stereocenters. The van der Waals surface area contributed by atoms with Crippen LogP contribution in [0.3, 0.4) is 0 Å². The lowest BCUT2D eigenvalue weighted by molar-refractivity contribution is 0.226. The minimum absolute atomic E-state index is 0.327. The highest BCUT2D eigenvalue weighted by Gasteiger charge is 2.18. The third-order valence-corrected chi connectivity index (χ3v) is 4.11. The van der Waals surface area contributed by atoms with Crippen molar-refractivity contribution in [3.8, 4) is 0 Å². The third kappa shape index (κ3) is 3.80. The van der Waals surface area contributed by atoms with Gasteiger partial charge >= 0.3 is 0 Å². The molecule has 106 valence electrons. The van der Waals surface area contributed by atoms with Gasteiger partial charge in [-0.1, -0.05) is 25.4 Å². The number of anilines is 1. The van der Waals surface area contributed by atoms with Crippen LogP contribution in [0.15, 0.2) is 6.33 Å². The highest BCUT2D eigenvalue weighted by molar-refractivity contribution is 6.30. The molecular weight excluding hydrogens is 260 g/mol.